The lowest BCUT2D eigenvalue weighted by Crippen LogP contribution is -2.35. The number of hydrogen-bond acceptors (Lipinski definition) is 6. The van der Waals surface area contributed by atoms with E-state index in [1.54, 1.807) is 24.3 Å². The van der Waals surface area contributed by atoms with Gasteiger partial charge < -0.3 is 14.4 Å². The van der Waals surface area contributed by atoms with Crippen molar-refractivity contribution in [2.45, 2.75) is 37.8 Å². The highest BCUT2D eigenvalue weighted by atomic mass is 32.1. The first-order valence-corrected chi connectivity index (χ1v) is 12.5. The molecule has 32 heavy (non-hydrogen) atoms. The van der Waals surface area contributed by atoms with Gasteiger partial charge in [0.15, 0.2) is 0 Å². The maximum Gasteiger partial charge on any atom is 0.355 e. The number of nitrogens with one attached hydrogen (secondary N) is 1. The third kappa shape index (κ3) is 5.01. The molecule has 3 aromatic rings. The van der Waals surface area contributed by atoms with Crippen molar-refractivity contribution in [3.8, 4) is 5.75 Å². The molecule has 1 saturated carbocycles. The zero-order valence-corrected chi connectivity index (χ0v) is 18.8. The van der Waals surface area contributed by atoms with E-state index in [0.29, 0.717) is 10.1 Å². The molecule has 1 fully saturated rings. The summed E-state index contributed by atoms with van der Waals surface area (Å²) in [6.45, 7) is 1.44. The van der Waals surface area contributed by atoms with Crippen LogP contribution in [0.15, 0.2) is 54.6 Å². The summed E-state index contributed by atoms with van der Waals surface area (Å²) in [4.78, 5) is 23.6. The molecule has 2 N–H and O–H groups in total. The highest BCUT2D eigenvalue weighted by Crippen LogP contribution is 2.58. The first kappa shape index (κ1) is 22.5. The van der Waals surface area contributed by atoms with E-state index in [1.807, 2.05) is 0 Å². The number of alkyl halides is 1. The number of para-hydroxylation sites is 1. The summed E-state index contributed by atoms with van der Waals surface area (Å²) in [5.74, 6) is -3.64. The van der Waals surface area contributed by atoms with Crippen LogP contribution in [-0.2, 0) is 14.1 Å². The van der Waals surface area contributed by atoms with E-state index >= 15 is 4.39 Å². The number of aromatic carboxylic acids is 1. The number of carboxylic acids is 1. The normalized spacial score (nSPS) is 17.3. The summed E-state index contributed by atoms with van der Waals surface area (Å²) >= 11 is 1.06. The number of thiophene rings is 1. The molecule has 0 bridgehead atoms. The molecule has 2 aromatic carbocycles. The lowest BCUT2D eigenvalue weighted by atomic mass is 10.2. The van der Waals surface area contributed by atoms with Gasteiger partial charge in [-0.1, -0.05) is 24.3 Å². The molecule has 3 atom stereocenters. The fourth-order valence-corrected chi connectivity index (χ4v) is 5.85. The molecule has 1 unspecified atom stereocenters. The minimum Gasteiger partial charge on any atom is -0.477 e. The fraction of sp³-hybridized carbons (Fsp3) is 0.273. The van der Waals surface area contributed by atoms with Gasteiger partial charge in [-0.3, -0.25) is 9.36 Å². The molecule has 168 valence electrons. The molecule has 1 aliphatic rings. The molecule has 1 aliphatic carbocycles. The van der Waals surface area contributed by atoms with Gasteiger partial charge in [0, 0.05) is 4.70 Å². The third-order valence-electron chi connectivity index (χ3n) is 4.84. The minimum atomic E-state index is -4.31. The summed E-state index contributed by atoms with van der Waals surface area (Å²) in [6.07, 6.45) is 1.41. The smallest absolute Gasteiger partial charge is 0.355 e. The number of rotatable bonds is 9. The topological polar surface area (TPSA) is 102 Å². The van der Waals surface area contributed by atoms with Gasteiger partial charge in [-0.25, -0.2) is 14.3 Å². The number of halogens is 1. The summed E-state index contributed by atoms with van der Waals surface area (Å²) in [7, 11) is -4.31. The van der Waals surface area contributed by atoms with Crippen molar-refractivity contribution in [2.75, 3.05) is 0 Å². The van der Waals surface area contributed by atoms with Gasteiger partial charge in [0.05, 0.1) is 0 Å². The van der Waals surface area contributed by atoms with Crippen LogP contribution in [0.25, 0.3) is 10.1 Å². The predicted octanol–water partition coefficient (Wildman–Crippen LogP) is 5.52. The molecule has 1 aromatic heterocycles. The first-order valence-electron chi connectivity index (χ1n) is 9.99. The first-order chi connectivity index (χ1) is 15.2. The number of carboxylic acid groups (broad SMARTS) is 1. The Labute approximate surface area is 187 Å². The largest absolute Gasteiger partial charge is 0.477 e. The van der Waals surface area contributed by atoms with Crippen molar-refractivity contribution in [2.24, 2.45) is 0 Å². The van der Waals surface area contributed by atoms with E-state index in [9.17, 15) is 19.3 Å². The molecular formula is C22H21FNO6PS. The average molecular weight is 477 g/mol. The van der Waals surface area contributed by atoms with Crippen molar-refractivity contribution in [3.63, 3.8) is 0 Å². The maximum atomic E-state index is 15.7. The summed E-state index contributed by atoms with van der Waals surface area (Å²) in [5, 5.41) is 12.2. The van der Waals surface area contributed by atoms with Crippen LogP contribution in [0.2, 0.25) is 0 Å². The van der Waals surface area contributed by atoms with E-state index < -0.39 is 31.4 Å². The van der Waals surface area contributed by atoms with Crippen LogP contribution in [0.5, 0.6) is 5.75 Å². The van der Waals surface area contributed by atoms with Crippen LogP contribution >= 0.6 is 18.9 Å². The minimum absolute atomic E-state index is 0.0433. The van der Waals surface area contributed by atoms with E-state index in [-0.39, 0.29) is 22.3 Å². The van der Waals surface area contributed by atoms with E-state index in [2.05, 4.69) is 5.09 Å². The standard InChI is InChI=1S/C22H21FNO6PS/c1-13(22(27)29-16-8-9-16)24-31(28,30-17-5-3-2-4-6-17)20(23)14-7-10-18-15(11-14)12-19(32-18)21(25)26/h2-7,10-13,16,20H,8-9H2,1H3,(H,24,28)(H,25,26)/t13-,20+,31?/m0/s1. The molecule has 10 heteroatoms. The summed E-state index contributed by atoms with van der Waals surface area (Å²) < 4.78 is 41.0. The maximum absolute atomic E-state index is 15.7. The molecule has 1 heterocycles. The van der Waals surface area contributed by atoms with Gasteiger partial charge >= 0.3 is 19.5 Å². The van der Waals surface area contributed by atoms with Gasteiger partial charge in [-0.05, 0) is 61.0 Å². The molecule has 7 nitrogen and oxygen atoms in total. The summed E-state index contributed by atoms with van der Waals surface area (Å²) in [5.41, 5.74) is 0.0433. The number of esters is 1. The highest BCUT2D eigenvalue weighted by Gasteiger charge is 2.41. The second-order valence-electron chi connectivity index (χ2n) is 7.54. The second kappa shape index (κ2) is 9.02. The summed E-state index contributed by atoms with van der Waals surface area (Å²) in [6, 6.07) is 12.9. The number of hydrogen-bond donors (Lipinski definition) is 2. The lowest BCUT2D eigenvalue weighted by Gasteiger charge is -2.26. The Hall–Kier alpha value is -2.74. The Bertz CT molecular complexity index is 1200. The van der Waals surface area contributed by atoms with Crippen molar-refractivity contribution in [3.05, 3.63) is 65.0 Å². The highest BCUT2D eigenvalue weighted by molar-refractivity contribution is 7.57. The Morgan fingerprint density at radius 2 is 1.91 bits per heavy atom. The fourth-order valence-electron chi connectivity index (χ4n) is 3.06. The Balaban J connectivity index is 1.64. The molecular weight excluding hydrogens is 456 g/mol. The van der Waals surface area contributed by atoms with Gasteiger partial charge in [0.1, 0.15) is 22.8 Å². The van der Waals surface area contributed by atoms with Gasteiger partial charge in [0.25, 0.3) is 0 Å². The molecule has 0 aliphatic heterocycles. The van der Waals surface area contributed by atoms with E-state index in [0.717, 1.165) is 24.2 Å². The van der Waals surface area contributed by atoms with Gasteiger partial charge in [-0.2, -0.15) is 0 Å². The number of fused-ring (bicyclic) bond motifs is 1. The van der Waals surface area contributed by atoms with Crippen molar-refractivity contribution in [1.82, 2.24) is 5.09 Å². The number of benzene rings is 2. The van der Waals surface area contributed by atoms with Crippen molar-refractivity contribution < 1.29 is 32.9 Å². The zero-order chi connectivity index (χ0) is 22.9. The van der Waals surface area contributed by atoms with Crippen LogP contribution in [0, 0.1) is 0 Å². The quantitative estimate of drug-likeness (QED) is 0.309. The monoisotopic (exact) mass is 477 g/mol. The van der Waals surface area contributed by atoms with Crippen LogP contribution in [0.1, 0.15) is 40.9 Å². The van der Waals surface area contributed by atoms with Crippen LogP contribution in [0.4, 0.5) is 4.39 Å². The molecule has 0 radical (unpaired) electrons. The van der Waals surface area contributed by atoms with Crippen molar-refractivity contribution in [1.29, 1.82) is 0 Å². The molecule has 0 amide bonds. The predicted molar refractivity (Wildman–Crippen MR) is 119 cm³/mol. The number of carbonyl (C=O) groups is 2. The third-order valence-corrected chi connectivity index (χ3v) is 8.07. The van der Waals surface area contributed by atoms with E-state index in [4.69, 9.17) is 9.26 Å². The Morgan fingerprint density at radius 1 is 1.19 bits per heavy atom. The Kier molecular flexibility index (Phi) is 6.33. The molecule has 0 spiro atoms. The Morgan fingerprint density at radius 3 is 2.56 bits per heavy atom. The van der Waals surface area contributed by atoms with Crippen LogP contribution < -0.4 is 9.61 Å². The number of ether oxygens (including phenoxy) is 1. The van der Waals surface area contributed by atoms with E-state index in [1.165, 1.54) is 37.3 Å². The second-order valence-corrected chi connectivity index (χ2v) is 10.7. The number of carbonyl (C=O) groups excluding carboxylic acids is 1. The van der Waals surface area contributed by atoms with Gasteiger partial charge in [-0.15, -0.1) is 11.3 Å². The molecule has 4 rings (SSSR count). The van der Waals surface area contributed by atoms with Crippen LogP contribution in [-0.4, -0.2) is 29.2 Å². The zero-order valence-electron chi connectivity index (χ0n) is 17.1. The molecule has 0 saturated heterocycles. The lowest BCUT2D eigenvalue weighted by molar-refractivity contribution is -0.146. The van der Waals surface area contributed by atoms with Gasteiger partial charge in [0.2, 0.25) is 5.91 Å². The SMILES string of the molecule is C[C@H](NP(=O)(Oc1ccccc1)[C@@H](F)c1ccc2sc(C(=O)O)cc2c1)C(=O)OC1CC1. The average Bonchev–Trinajstić information content (AvgIpc) is 3.47. The van der Waals surface area contributed by atoms with Crippen LogP contribution in [0.3, 0.4) is 0 Å². The van der Waals surface area contributed by atoms with Crippen molar-refractivity contribution >= 4 is 40.9 Å².